The van der Waals surface area contributed by atoms with Crippen LogP contribution in [0, 0.1) is 0 Å². The number of nitrogens with two attached hydrogens (primary N) is 1. The minimum Gasteiger partial charge on any atom is -0.368 e. The Bertz CT molecular complexity index is 479. The fraction of sp³-hybridized carbons (Fsp3) is 0.444. The van der Waals surface area contributed by atoms with Gasteiger partial charge >= 0.3 is 0 Å². The Kier molecular flexibility index (Phi) is 2.73. The maximum atomic E-state index is 5.93. The topological polar surface area (TPSA) is 69.6 Å². The lowest BCUT2D eigenvalue weighted by atomic mass is 10.3. The highest BCUT2D eigenvalue weighted by Gasteiger charge is 2.09. The third-order valence-corrected chi connectivity index (χ3v) is 2.48. The largest absolute Gasteiger partial charge is 0.368 e. The Labute approximate surface area is 92.3 Å². The summed E-state index contributed by atoms with van der Waals surface area (Å²) in [5, 5.41) is 5.32. The smallest absolute Gasteiger partial charge is 0.223 e. The maximum absolute atomic E-state index is 5.93. The second-order valence-electron chi connectivity index (χ2n) is 3.33. The fourth-order valence-electron chi connectivity index (χ4n) is 1.41. The first-order valence-electron chi connectivity index (χ1n) is 4.87. The summed E-state index contributed by atoms with van der Waals surface area (Å²) in [6.07, 6.45) is 3.83. The van der Waals surface area contributed by atoms with Crippen LogP contribution in [0.1, 0.15) is 19.8 Å². The van der Waals surface area contributed by atoms with E-state index in [4.69, 9.17) is 17.3 Å². The number of halogens is 1. The van der Waals surface area contributed by atoms with Crippen molar-refractivity contribution >= 4 is 28.6 Å². The summed E-state index contributed by atoms with van der Waals surface area (Å²) < 4.78 is 1.81. The zero-order valence-electron chi connectivity index (χ0n) is 8.44. The van der Waals surface area contributed by atoms with E-state index < -0.39 is 0 Å². The van der Waals surface area contributed by atoms with Crippen molar-refractivity contribution in [3.8, 4) is 0 Å². The zero-order chi connectivity index (χ0) is 10.8. The van der Waals surface area contributed by atoms with Crippen molar-refractivity contribution in [3.63, 3.8) is 0 Å². The Balaban J connectivity index is 2.49. The Morgan fingerprint density at radius 2 is 2.27 bits per heavy atom. The molecule has 0 unspecified atom stereocenters. The van der Waals surface area contributed by atoms with Crippen molar-refractivity contribution in [2.75, 3.05) is 5.73 Å². The van der Waals surface area contributed by atoms with Crippen LogP contribution in [0.2, 0.25) is 5.15 Å². The molecule has 2 heterocycles. The van der Waals surface area contributed by atoms with Gasteiger partial charge in [-0.1, -0.05) is 24.9 Å². The van der Waals surface area contributed by atoms with Gasteiger partial charge in [-0.15, -0.1) is 0 Å². The highest BCUT2D eigenvalue weighted by atomic mass is 35.5. The second-order valence-corrected chi connectivity index (χ2v) is 3.69. The van der Waals surface area contributed by atoms with Crippen molar-refractivity contribution in [2.45, 2.75) is 26.3 Å². The van der Waals surface area contributed by atoms with E-state index in [9.17, 15) is 0 Å². The minimum atomic E-state index is 0.186. The summed E-state index contributed by atoms with van der Waals surface area (Å²) in [5.74, 6) is 0.186. The minimum absolute atomic E-state index is 0.186. The molecule has 0 radical (unpaired) electrons. The van der Waals surface area contributed by atoms with E-state index >= 15 is 0 Å². The van der Waals surface area contributed by atoms with Gasteiger partial charge < -0.3 is 5.73 Å². The molecule has 0 fully saturated rings. The summed E-state index contributed by atoms with van der Waals surface area (Å²) in [6, 6.07) is 0. The van der Waals surface area contributed by atoms with Gasteiger partial charge in [-0.2, -0.15) is 10.1 Å². The maximum Gasteiger partial charge on any atom is 0.223 e. The van der Waals surface area contributed by atoms with E-state index in [2.05, 4.69) is 22.0 Å². The Morgan fingerprint density at radius 3 is 3.00 bits per heavy atom. The predicted molar refractivity (Wildman–Crippen MR) is 59.7 cm³/mol. The van der Waals surface area contributed by atoms with Gasteiger partial charge in [-0.3, -0.25) is 0 Å². The van der Waals surface area contributed by atoms with Crippen molar-refractivity contribution in [3.05, 3.63) is 11.3 Å². The monoisotopic (exact) mass is 225 g/mol. The van der Waals surface area contributed by atoms with Gasteiger partial charge in [0.2, 0.25) is 5.95 Å². The van der Waals surface area contributed by atoms with Crippen LogP contribution in [0.5, 0.6) is 0 Å². The lowest BCUT2D eigenvalue weighted by Crippen LogP contribution is -2.03. The third kappa shape index (κ3) is 1.87. The van der Waals surface area contributed by atoms with Gasteiger partial charge in [-0.25, -0.2) is 9.67 Å². The van der Waals surface area contributed by atoms with Gasteiger partial charge in [0, 0.05) is 6.54 Å². The lowest BCUT2D eigenvalue weighted by Gasteiger charge is -2.01. The van der Waals surface area contributed by atoms with Crippen molar-refractivity contribution in [1.82, 2.24) is 19.7 Å². The molecular formula is C9H12ClN5. The van der Waals surface area contributed by atoms with Crippen LogP contribution in [0.25, 0.3) is 11.0 Å². The molecule has 0 saturated carbocycles. The molecule has 2 aromatic heterocycles. The fourth-order valence-corrected chi connectivity index (χ4v) is 1.63. The molecule has 0 atom stereocenters. The molecule has 0 saturated heterocycles. The summed E-state index contributed by atoms with van der Waals surface area (Å²) in [5.41, 5.74) is 6.24. The number of fused-ring (bicyclic) bond motifs is 1. The van der Waals surface area contributed by atoms with Gasteiger partial charge in [0.05, 0.1) is 11.6 Å². The predicted octanol–water partition coefficient (Wildman–Crippen LogP) is 1.86. The van der Waals surface area contributed by atoms with Gasteiger partial charge in [0.1, 0.15) is 5.15 Å². The Morgan fingerprint density at radius 1 is 1.47 bits per heavy atom. The molecule has 5 nitrogen and oxygen atoms in total. The van der Waals surface area contributed by atoms with E-state index in [-0.39, 0.29) is 5.95 Å². The third-order valence-electron chi connectivity index (χ3n) is 2.19. The molecule has 0 aliphatic carbocycles. The summed E-state index contributed by atoms with van der Waals surface area (Å²) >= 11 is 5.93. The molecule has 0 aliphatic rings. The molecule has 6 heteroatoms. The van der Waals surface area contributed by atoms with Crippen LogP contribution in [-0.2, 0) is 6.54 Å². The molecule has 0 spiro atoms. The first-order chi connectivity index (χ1) is 7.22. The normalized spacial score (nSPS) is 11.1. The first-order valence-corrected chi connectivity index (χ1v) is 5.24. The van der Waals surface area contributed by atoms with E-state index in [0.717, 1.165) is 24.8 Å². The number of anilines is 1. The lowest BCUT2D eigenvalue weighted by molar-refractivity contribution is 0.584. The van der Waals surface area contributed by atoms with E-state index in [1.807, 2.05) is 4.68 Å². The van der Waals surface area contributed by atoms with E-state index in [0.29, 0.717) is 10.8 Å². The van der Waals surface area contributed by atoms with Crippen LogP contribution in [0.3, 0.4) is 0 Å². The highest BCUT2D eigenvalue weighted by molar-refractivity contribution is 6.34. The van der Waals surface area contributed by atoms with Crippen LogP contribution >= 0.6 is 11.6 Å². The van der Waals surface area contributed by atoms with Crippen LogP contribution in [0.15, 0.2) is 6.20 Å². The highest BCUT2D eigenvalue weighted by Crippen LogP contribution is 2.20. The molecule has 0 aromatic carbocycles. The number of unbranched alkanes of at least 4 members (excludes halogenated alkanes) is 1. The number of nitrogen functional groups attached to an aromatic ring is 1. The Hall–Kier alpha value is -1.36. The van der Waals surface area contributed by atoms with Crippen LogP contribution < -0.4 is 5.73 Å². The van der Waals surface area contributed by atoms with Gasteiger partial charge in [0.25, 0.3) is 0 Å². The number of hydrogen-bond donors (Lipinski definition) is 1. The number of aryl methyl sites for hydroxylation is 1. The molecule has 2 N–H and O–H groups in total. The molecule has 0 amide bonds. The van der Waals surface area contributed by atoms with E-state index in [1.54, 1.807) is 6.20 Å². The molecule has 0 aliphatic heterocycles. The molecule has 0 bridgehead atoms. The van der Waals surface area contributed by atoms with Crippen LogP contribution in [0.4, 0.5) is 5.95 Å². The summed E-state index contributed by atoms with van der Waals surface area (Å²) in [7, 11) is 0. The second kappa shape index (κ2) is 4.02. The molecular weight excluding hydrogens is 214 g/mol. The first kappa shape index (κ1) is 10.2. The van der Waals surface area contributed by atoms with Crippen molar-refractivity contribution in [2.24, 2.45) is 0 Å². The van der Waals surface area contributed by atoms with Crippen molar-refractivity contribution < 1.29 is 0 Å². The average Bonchev–Trinajstić information content (AvgIpc) is 2.58. The van der Waals surface area contributed by atoms with Crippen molar-refractivity contribution in [1.29, 1.82) is 0 Å². The number of hydrogen-bond acceptors (Lipinski definition) is 4. The van der Waals surface area contributed by atoms with Gasteiger partial charge in [-0.05, 0) is 6.42 Å². The standard InChI is InChI=1S/C9H12ClN5/c1-2-3-4-15-8-6(5-12-15)7(10)13-9(11)14-8/h5H,2-4H2,1H3,(H2,11,13,14). The van der Waals surface area contributed by atoms with E-state index in [1.165, 1.54) is 0 Å². The number of nitrogens with zero attached hydrogens (tertiary/aromatic N) is 4. The zero-order valence-corrected chi connectivity index (χ0v) is 9.20. The summed E-state index contributed by atoms with van der Waals surface area (Å²) in [4.78, 5) is 8.01. The molecule has 2 aromatic rings. The molecule has 15 heavy (non-hydrogen) atoms. The number of aromatic nitrogens is 4. The molecule has 2 rings (SSSR count). The van der Waals surface area contributed by atoms with Gasteiger partial charge in [0.15, 0.2) is 5.65 Å². The average molecular weight is 226 g/mol. The number of rotatable bonds is 3. The SMILES string of the molecule is CCCCn1ncc2c(Cl)nc(N)nc21. The quantitative estimate of drug-likeness (QED) is 0.810. The summed E-state index contributed by atoms with van der Waals surface area (Å²) in [6.45, 7) is 2.95. The van der Waals surface area contributed by atoms with Crippen LogP contribution in [-0.4, -0.2) is 19.7 Å². The molecule has 80 valence electrons.